The highest BCUT2D eigenvalue weighted by atomic mass is 35.5. The number of rotatable bonds is 1. The largest absolute Gasteiger partial charge is 0.352 e. The third kappa shape index (κ3) is 1.87. The second kappa shape index (κ2) is 4.30. The van der Waals surface area contributed by atoms with Gasteiger partial charge in [0.05, 0.1) is 11.3 Å². The van der Waals surface area contributed by atoms with E-state index in [-0.39, 0.29) is 5.91 Å². The Hall–Kier alpha value is -1.52. The number of fused-ring (bicyclic) bond motifs is 1. The number of nitrogens with zero attached hydrogens (tertiary/aromatic N) is 2. The van der Waals surface area contributed by atoms with Crippen molar-refractivity contribution >= 4 is 29.1 Å². The molecule has 1 aliphatic rings. The third-order valence-corrected chi connectivity index (χ3v) is 3.30. The van der Waals surface area contributed by atoms with Crippen molar-refractivity contribution in [3.8, 4) is 5.69 Å². The molecule has 0 radical (unpaired) electrons. The first-order chi connectivity index (χ1) is 8.65. The molecule has 2 aromatic heterocycles. The van der Waals surface area contributed by atoms with Gasteiger partial charge in [-0.3, -0.25) is 4.79 Å². The van der Waals surface area contributed by atoms with Crippen molar-refractivity contribution in [1.29, 1.82) is 0 Å². The number of hydrogen-bond donors (Lipinski definition) is 1. The lowest BCUT2D eigenvalue weighted by molar-refractivity contribution is 0.0945. The maximum Gasteiger partial charge on any atom is 0.253 e. The number of carbonyl (C=O) groups excluding carboxylic acids is 1. The standard InChI is InChI=1S/C12H9Cl2N3O/c13-10-5-7(6-11(14)16-10)17-4-2-8-9(17)1-3-15-12(8)18/h2,4-6H,1,3H2,(H,15,18). The van der Waals surface area contributed by atoms with Crippen LogP contribution in [0.5, 0.6) is 0 Å². The van der Waals surface area contributed by atoms with E-state index in [0.717, 1.165) is 17.8 Å². The Balaban J connectivity index is 2.15. The molecule has 3 heterocycles. The van der Waals surface area contributed by atoms with Crippen LogP contribution in [0.1, 0.15) is 16.1 Å². The fourth-order valence-corrected chi connectivity index (χ4v) is 2.60. The van der Waals surface area contributed by atoms with E-state index in [1.54, 1.807) is 18.2 Å². The fourth-order valence-electron chi connectivity index (χ4n) is 2.15. The smallest absolute Gasteiger partial charge is 0.253 e. The summed E-state index contributed by atoms with van der Waals surface area (Å²) in [6.45, 7) is 0.641. The van der Waals surface area contributed by atoms with Crippen LogP contribution in [-0.4, -0.2) is 22.0 Å². The van der Waals surface area contributed by atoms with E-state index in [9.17, 15) is 4.79 Å². The maximum atomic E-state index is 11.7. The minimum atomic E-state index is -0.0405. The average Bonchev–Trinajstić information content (AvgIpc) is 2.73. The number of aromatic nitrogens is 2. The van der Waals surface area contributed by atoms with Gasteiger partial charge in [0.1, 0.15) is 10.3 Å². The van der Waals surface area contributed by atoms with Crippen LogP contribution < -0.4 is 5.32 Å². The van der Waals surface area contributed by atoms with Crippen LogP contribution in [0.4, 0.5) is 0 Å². The summed E-state index contributed by atoms with van der Waals surface area (Å²) in [7, 11) is 0. The molecule has 4 nitrogen and oxygen atoms in total. The van der Waals surface area contributed by atoms with Crippen molar-refractivity contribution in [1.82, 2.24) is 14.9 Å². The van der Waals surface area contributed by atoms with Crippen molar-refractivity contribution in [3.63, 3.8) is 0 Å². The molecule has 6 heteroatoms. The molecule has 0 unspecified atom stereocenters. The van der Waals surface area contributed by atoms with Crippen molar-refractivity contribution in [3.05, 3.63) is 46.0 Å². The number of nitrogens with one attached hydrogen (secondary N) is 1. The summed E-state index contributed by atoms with van der Waals surface area (Å²) in [5.41, 5.74) is 2.48. The Morgan fingerprint density at radius 3 is 2.72 bits per heavy atom. The van der Waals surface area contributed by atoms with Crippen LogP contribution >= 0.6 is 23.2 Å². The monoisotopic (exact) mass is 281 g/mol. The van der Waals surface area contributed by atoms with Crippen LogP contribution in [0.15, 0.2) is 24.4 Å². The van der Waals surface area contributed by atoms with Gasteiger partial charge in [-0.2, -0.15) is 0 Å². The van der Waals surface area contributed by atoms with Gasteiger partial charge in [-0.05, 0) is 18.2 Å². The predicted molar refractivity (Wildman–Crippen MR) is 69.6 cm³/mol. The summed E-state index contributed by atoms with van der Waals surface area (Å²) < 4.78 is 1.92. The van der Waals surface area contributed by atoms with E-state index in [0.29, 0.717) is 22.4 Å². The molecule has 0 aromatic carbocycles. The quantitative estimate of drug-likeness (QED) is 0.817. The fraction of sp³-hybridized carbons (Fsp3) is 0.167. The summed E-state index contributed by atoms with van der Waals surface area (Å²) in [5.74, 6) is -0.0405. The highest BCUT2D eigenvalue weighted by Gasteiger charge is 2.20. The molecule has 1 amide bonds. The van der Waals surface area contributed by atoms with Crippen molar-refractivity contribution < 1.29 is 4.79 Å². The highest BCUT2D eigenvalue weighted by molar-refractivity contribution is 6.32. The van der Waals surface area contributed by atoms with Gasteiger partial charge in [-0.15, -0.1) is 0 Å². The van der Waals surface area contributed by atoms with Gasteiger partial charge in [0.2, 0.25) is 0 Å². The van der Waals surface area contributed by atoms with E-state index in [1.165, 1.54) is 0 Å². The minimum Gasteiger partial charge on any atom is -0.352 e. The Morgan fingerprint density at radius 1 is 1.28 bits per heavy atom. The molecule has 0 atom stereocenters. The Kier molecular flexibility index (Phi) is 2.76. The molecular weight excluding hydrogens is 273 g/mol. The molecule has 0 spiro atoms. The summed E-state index contributed by atoms with van der Waals surface area (Å²) in [6, 6.07) is 5.24. The molecule has 92 valence electrons. The number of carbonyl (C=O) groups is 1. The van der Waals surface area contributed by atoms with Gasteiger partial charge in [-0.1, -0.05) is 23.2 Å². The molecule has 0 bridgehead atoms. The minimum absolute atomic E-state index is 0.0405. The molecular formula is C12H9Cl2N3O. The summed E-state index contributed by atoms with van der Waals surface area (Å²) in [4.78, 5) is 15.6. The molecule has 2 aromatic rings. The predicted octanol–water partition coefficient (Wildman–Crippen LogP) is 2.46. The van der Waals surface area contributed by atoms with Gasteiger partial charge in [0, 0.05) is 24.9 Å². The van der Waals surface area contributed by atoms with E-state index < -0.39 is 0 Å². The average molecular weight is 282 g/mol. The van der Waals surface area contributed by atoms with Gasteiger partial charge < -0.3 is 9.88 Å². The molecule has 1 aliphatic heterocycles. The summed E-state index contributed by atoms with van der Waals surface area (Å²) in [6.07, 6.45) is 2.63. The number of amides is 1. The van der Waals surface area contributed by atoms with Crippen LogP contribution in [0, 0.1) is 0 Å². The molecule has 0 saturated carbocycles. The van der Waals surface area contributed by atoms with Crippen LogP contribution in [-0.2, 0) is 6.42 Å². The molecule has 3 rings (SSSR count). The summed E-state index contributed by atoms with van der Waals surface area (Å²) in [5, 5.41) is 3.48. The van der Waals surface area contributed by atoms with Crippen molar-refractivity contribution in [2.24, 2.45) is 0 Å². The molecule has 18 heavy (non-hydrogen) atoms. The Bertz CT molecular complexity index is 616. The highest BCUT2D eigenvalue weighted by Crippen LogP contribution is 2.23. The lowest BCUT2D eigenvalue weighted by Gasteiger charge is -2.16. The first-order valence-electron chi connectivity index (χ1n) is 5.47. The SMILES string of the molecule is O=C1NCCc2c1ccn2-c1cc(Cl)nc(Cl)c1. The Morgan fingerprint density at radius 2 is 2.00 bits per heavy atom. The molecule has 0 fully saturated rings. The van der Waals surface area contributed by atoms with Crippen LogP contribution in [0.25, 0.3) is 5.69 Å². The topological polar surface area (TPSA) is 46.9 Å². The van der Waals surface area contributed by atoms with E-state index in [2.05, 4.69) is 10.3 Å². The van der Waals surface area contributed by atoms with E-state index in [1.807, 2.05) is 10.8 Å². The second-order valence-corrected chi connectivity index (χ2v) is 4.80. The number of halogens is 2. The lowest BCUT2D eigenvalue weighted by atomic mass is 10.1. The zero-order chi connectivity index (χ0) is 12.7. The van der Waals surface area contributed by atoms with Gasteiger partial charge >= 0.3 is 0 Å². The van der Waals surface area contributed by atoms with Gasteiger partial charge in [-0.25, -0.2) is 4.98 Å². The molecule has 0 saturated heterocycles. The number of hydrogen-bond acceptors (Lipinski definition) is 2. The molecule has 0 aliphatic carbocycles. The third-order valence-electron chi connectivity index (χ3n) is 2.91. The first kappa shape index (κ1) is 11.6. The maximum absolute atomic E-state index is 11.7. The zero-order valence-corrected chi connectivity index (χ0v) is 10.8. The van der Waals surface area contributed by atoms with Crippen LogP contribution in [0.2, 0.25) is 10.3 Å². The van der Waals surface area contributed by atoms with Gasteiger partial charge in [0.15, 0.2) is 0 Å². The zero-order valence-electron chi connectivity index (χ0n) is 9.28. The van der Waals surface area contributed by atoms with Crippen molar-refractivity contribution in [2.45, 2.75) is 6.42 Å². The summed E-state index contributed by atoms with van der Waals surface area (Å²) >= 11 is 11.8. The second-order valence-electron chi connectivity index (χ2n) is 4.02. The Labute approximate surface area is 114 Å². The normalized spacial score (nSPS) is 14.2. The van der Waals surface area contributed by atoms with E-state index in [4.69, 9.17) is 23.2 Å². The number of pyridine rings is 1. The molecule has 1 N–H and O–H groups in total. The van der Waals surface area contributed by atoms with Crippen LogP contribution in [0.3, 0.4) is 0 Å². The first-order valence-corrected chi connectivity index (χ1v) is 6.22. The lowest BCUT2D eigenvalue weighted by Crippen LogP contribution is -2.32. The van der Waals surface area contributed by atoms with Crippen molar-refractivity contribution in [2.75, 3.05) is 6.54 Å². The van der Waals surface area contributed by atoms with E-state index >= 15 is 0 Å². The van der Waals surface area contributed by atoms with Gasteiger partial charge in [0.25, 0.3) is 5.91 Å².